The molecule has 0 atom stereocenters. The molecular weight excluding hydrogens is 198 g/mol. The SMILES string of the molecule is CNC1CCC(O)(C2=CCCCCC2)CC1. The van der Waals surface area contributed by atoms with Crippen LogP contribution in [0.1, 0.15) is 57.8 Å². The van der Waals surface area contributed by atoms with Crippen LogP contribution in [0.4, 0.5) is 0 Å². The first-order valence-corrected chi connectivity index (χ1v) is 6.84. The number of rotatable bonds is 2. The summed E-state index contributed by atoms with van der Waals surface area (Å²) in [5.74, 6) is 0. The molecule has 0 aliphatic heterocycles. The summed E-state index contributed by atoms with van der Waals surface area (Å²) in [4.78, 5) is 0. The van der Waals surface area contributed by atoms with Crippen molar-refractivity contribution in [3.05, 3.63) is 11.6 Å². The zero-order valence-corrected chi connectivity index (χ0v) is 10.5. The van der Waals surface area contributed by atoms with Crippen molar-refractivity contribution in [2.24, 2.45) is 0 Å². The number of allylic oxidation sites excluding steroid dienone is 1. The highest BCUT2D eigenvalue weighted by atomic mass is 16.3. The Morgan fingerprint density at radius 2 is 2.00 bits per heavy atom. The van der Waals surface area contributed by atoms with Crippen LogP contribution in [-0.4, -0.2) is 23.8 Å². The van der Waals surface area contributed by atoms with Crippen LogP contribution in [0.3, 0.4) is 0 Å². The molecule has 2 nitrogen and oxygen atoms in total. The Balaban J connectivity index is 1.99. The van der Waals surface area contributed by atoms with E-state index in [1.807, 2.05) is 7.05 Å². The molecule has 0 unspecified atom stereocenters. The molecule has 16 heavy (non-hydrogen) atoms. The molecule has 2 heteroatoms. The largest absolute Gasteiger partial charge is 0.386 e. The molecular formula is C14H25NO. The average Bonchev–Trinajstić information content (AvgIpc) is 2.59. The lowest BCUT2D eigenvalue weighted by atomic mass is 9.76. The highest BCUT2D eigenvalue weighted by Gasteiger charge is 2.35. The van der Waals surface area contributed by atoms with E-state index in [4.69, 9.17) is 0 Å². The van der Waals surface area contributed by atoms with Crippen LogP contribution in [0.15, 0.2) is 11.6 Å². The fraction of sp³-hybridized carbons (Fsp3) is 0.857. The smallest absolute Gasteiger partial charge is 0.0857 e. The number of nitrogens with one attached hydrogen (secondary N) is 1. The first kappa shape index (κ1) is 12.1. The van der Waals surface area contributed by atoms with Crippen LogP contribution in [0.2, 0.25) is 0 Å². The lowest BCUT2D eigenvalue weighted by Gasteiger charge is -2.38. The third-order valence-corrected chi connectivity index (χ3v) is 4.36. The van der Waals surface area contributed by atoms with E-state index in [1.54, 1.807) is 0 Å². The molecule has 0 aromatic rings. The van der Waals surface area contributed by atoms with Gasteiger partial charge in [0.25, 0.3) is 0 Å². The van der Waals surface area contributed by atoms with Gasteiger partial charge in [-0.15, -0.1) is 0 Å². The Labute approximate surface area is 99.1 Å². The minimum atomic E-state index is -0.461. The fourth-order valence-corrected chi connectivity index (χ4v) is 3.14. The molecule has 2 aliphatic rings. The molecule has 0 bridgehead atoms. The van der Waals surface area contributed by atoms with Gasteiger partial charge in [0, 0.05) is 6.04 Å². The highest BCUT2D eigenvalue weighted by Crippen LogP contribution is 2.37. The molecule has 1 saturated carbocycles. The van der Waals surface area contributed by atoms with E-state index >= 15 is 0 Å². The van der Waals surface area contributed by atoms with Gasteiger partial charge in [0.05, 0.1) is 5.60 Å². The van der Waals surface area contributed by atoms with Gasteiger partial charge >= 0.3 is 0 Å². The maximum absolute atomic E-state index is 10.7. The third-order valence-electron chi connectivity index (χ3n) is 4.36. The third kappa shape index (κ3) is 2.67. The Hall–Kier alpha value is -0.340. The predicted molar refractivity (Wildman–Crippen MR) is 67.4 cm³/mol. The molecule has 92 valence electrons. The van der Waals surface area contributed by atoms with Gasteiger partial charge in [-0.3, -0.25) is 0 Å². The standard InChI is InChI=1S/C14H25NO/c1-15-13-8-10-14(16,11-9-13)12-6-4-2-3-5-7-12/h6,13,15-16H,2-5,7-11H2,1H3. The summed E-state index contributed by atoms with van der Waals surface area (Å²) in [6.07, 6.45) is 12.7. The molecule has 1 fully saturated rings. The summed E-state index contributed by atoms with van der Waals surface area (Å²) in [6, 6.07) is 0.617. The van der Waals surface area contributed by atoms with Gasteiger partial charge in [-0.1, -0.05) is 12.5 Å². The van der Waals surface area contributed by atoms with Crippen LogP contribution >= 0.6 is 0 Å². The Morgan fingerprint density at radius 1 is 1.25 bits per heavy atom. The maximum Gasteiger partial charge on any atom is 0.0857 e. The van der Waals surface area contributed by atoms with Crippen molar-refractivity contribution < 1.29 is 5.11 Å². The van der Waals surface area contributed by atoms with Gasteiger partial charge in [-0.05, 0) is 64.0 Å². The first-order valence-electron chi connectivity index (χ1n) is 6.84. The summed E-state index contributed by atoms with van der Waals surface area (Å²) in [7, 11) is 2.03. The average molecular weight is 223 g/mol. The van der Waals surface area contributed by atoms with Gasteiger partial charge in [0.1, 0.15) is 0 Å². The molecule has 0 aromatic carbocycles. The second-order valence-corrected chi connectivity index (χ2v) is 5.42. The van der Waals surface area contributed by atoms with Gasteiger partial charge in [0.15, 0.2) is 0 Å². The summed E-state index contributed by atoms with van der Waals surface area (Å²) in [5, 5.41) is 14.1. The molecule has 0 saturated heterocycles. The van der Waals surface area contributed by atoms with E-state index in [-0.39, 0.29) is 0 Å². The molecule has 0 amide bonds. The minimum Gasteiger partial charge on any atom is -0.386 e. The lowest BCUT2D eigenvalue weighted by molar-refractivity contribution is 0.0282. The van der Waals surface area contributed by atoms with Crippen molar-refractivity contribution in [2.75, 3.05) is 7.05 Å². The topological polar surface area (TPSA) is 32.3 Å². The van der Waals surface area contributed by atoms with E-state index in [1.165, 1.54) is 31.3 Å². The molecule has 0 aromatic heterocycles. The summed E-state index contributed by atoms with van der Waals surface area (Å²) in [5.41, 5.74) is 0.886. The summed E-state index contributed by atoms with van der Waals surface area (Å²) in [6.45, 7) is 0. The zero-order chi connectivity index (χ0) is 11.4. The van der Waals surface area contributed by atoms with E-state index < -0.39 is 5.60 Å². The van der Waals surface area contributed by atoms with Crippen LogP contribution in [0.25, 0.3) is 0 Å². The summed E-state index contributed by atoms with van der Waals surface area (Å²) < 4.78 is 0. The summed E-state index contributed by atoms with van der Waals surface area (Å²) >= 11 is 0. The van der Waals surface area contributed by atoms with Crippen molar-refractivity contribution in [3.63, 3.8) is 0 Å². The maximum atomic E-state index is 10.7. The second-order valence-electron chi connectivity index (χ2n) is 5.42. The van der Waals surface area contributed by atoms with E-state index in [9.17, 15) is 5.11 Å². The van der Waals surface area contributed by atoms with Crippen LogP contribution in [-0.2, 0) is 0 Å². The van der Waals surface area contributed by atoms with Crippen LogP contribution in [0, 0.1) is 0 Å². The van der Waals surface area contributed by atoms with Crippen molar-refractivity contribution >= 4 is 0 Å². The lowest BCUT2D eigenvalue weighted by Crippen LogP contribution is -2.41. The van der Waals surface area contributed by atoms with E-state index in [2.05, 4.69) is 11.4 Å². The first-order chi connectivity index (χ1) is 7.74. The normalized spacial score (nSPS) is 36.6. The molecule has 2 rings (SSSR count). The molecule has 0 heterocycles. The van der Waals surface area contributed by atoms with Gasteiger partial charge < -0.3 is 10.4 Å². The van der Waals surface area contributed by atoms with Crippen LogP contribution in [0.5, 0.6) is 0 Å². The quantitative estimate of drug-likeness (QED) is 0.706. The Morgan fingerprint density at radius 3 is 2.69 bits per heavy atom. The Kier molecular flexibility index (Phi) is 4.04. The van der Waals surface area contributed by atoms with Crippen molar-refractivity contribution in [1.29, 1.82) is 0 Å². The number of hydrogen-bond donors (Lipinski definition) is 2. The van der Waals surface area contributed by atoms with Crippen molar-refractivity contribution in [1.82, 2.24) is 5.32 Å². The second kappa shape index (κ2) is 5.33. The highest BCUT2D eigenvalue weighted by molar-refractivity contribution is 5.19. The van der Waals surface area contributed by atoms with Gasteiger partial charge in [0.2, 0.25) is 0 Å². The number of hydrogen-bond acceptors (Lipinski definition) is 2. The minimum absolute atomic E-state index is 0.461. The molecule has 0 radical (unpaired) electrons. The molecule has 2 aliphatic carbocycles. The van der Waals surface area contributed by atoms with Gasteiger partial charge in [-0.2, -0.15) is 0 Å². The number of aliphatic hydroxyl groups is 1. The predicted octanol–water partition coefficient (Wildman–Crippen LogP) is 2.77. The van der Waals surface area contributed by atoms with Crippen LogP contribution < -0.4 is 5.32 Å². The Bertz CT molecular complexity index is 251. The van der Waals surface area contributed by atoms with E-state index in [0.29, 0.717) is 6.04 Å². The van der Waals surface area contributed by atoms with E-state index in [0.717, 1.165) is 32.1 Å². The van der Waals surface area contributed by atoms with Crippen molar-refractivity contribution in [3.8, 4) is 0 Å². The van der Waals surface area contributed by atoms with Crippen molar-refractivity contribution in [2.45, 2.75) is 69.4 Å². The van der Waals surface area contributed by atoms with Gasteiger partial charge in [-0.25, -0.2) is 0 Å². The monoisotopic (exact) mass is 223 g/mol. The molecule has 0 spiro atoms. The zero-order valence-electron chi connectivity index (χ0n) is 10.5. The molecule has 2 N–H and O–H groups in total. The fourth-order valence-electron chi connectivity index (χ4n) is 3.14.